The Balaban J connectivity index is 1.78. The van der Waals surface area contributed by atoms with Crippen LogP contribution in [0.3, 0.4) is 0 Å². The lowest BCUT2D eigenvalue weighted by molar-refractivity contribution is -0.133. The van der Waals surface area contributed by atoms with Crippen molar-refractivity contribution in [2.45, 2.75) is 31.3 Å². The predicted molar refractivity (Wildman–Crippen MR) is 75.6 cm³/mol. The van der Waals surface area contributed by atoms with Gasteiger partial charge in [-0.25, -0.2) is 9.37 Å². The number of imidazole rings is 1. The molecule has 2 N–H and O–H groups in total. The maximum Gasteiger partial charge on any atom is 0.256 e. The summed E-state index contributed by atoms with van der Waals surface area (Å²) >= 11 is 0. The summed E-state index contributed by atoms with van der Waals surface area (Å²) in [5, 5.41) is 12.8. The minimum atomic E-state index is -1.32. The monoisotopic (exact) mass is 289 g/mol. The zero-order valence-corrected chi connectivity index (χ0v) is 11.4. The Hall–Kier alpha value is -2.21. The zero-order valence-electron chi connectivity index (χ0n) is 11.4. The van der Waals surface area contributed by atoms with E-state index >= 15 is 0 Å². The number of nitrogens with zero attached hydrogens (tertiary/aromatic N) is 2. The molecule has 2 aromatic rings. The second-order valence-corrected chi connectivity index (χ2v) is 5.33. The zero-order chi connectivity index (χ0) is 14.9. The number of aromatic nitrogens is 2. The number of hydrogen-bond donors (Lipinski definition) is 2. The van der Waals surface area contributed by atoms with Gasteiger partial charge in [0.25, 0.3) is 5.91 Å². The summed E-state index contributed by atoms with van der Waals surface area (Å²) in [6, 6.07) is 4.41. The number of halogens is 1. The van der Waals surface area contributed by atoms with Crippen LogP contribution < -0.4 is 5.32 Å². The number of nitrogens with one attached hydrogen (secondary N) is 1. The van der Waals surface area contributed by atoms with Gasteiger partial charge >= 0.3 is 0 Å². The number of amides is 1. The van der Waals surface area contributed by atoms with Gasteiger partial charge in [-0.05, 0) is 43.9 Å². The normalized spacial score (nSPS) is 16.9. The second-order valence-electron chi connectivity index (χ2n) is 5.33. The van der Waals surface area contributed by atoms with Gasteiger partial charge in [-0.1, -0.05) is 0 Å². The molecule has 0 unspecified atom stereocenters. The lowest BCUT2D eigenvalue weighted by Gasteiger charge is -2.21. The summed E-state index contributed by atoms with van der Waals surface area (Å²) < 4.78 is 15.6. The van der Waals surface area contributed by atoms with Crippen LogP contribution in [0.2, 0.25) is 0 Å². The minimum absolute atomic E-state index is 0.335. The summed E-state index contributed by atoms with van der Waals surface area (Å²) in [5.74, 6) is -0.931. The standard InChI is InChI=1S/C15H16FN3O2/c16-12-9-11(3-4-13(12)19-8-7-17-10-19)18-14(20)15(21)5-1-2-6-15/h3-4,7-10,21H,1-2,5-6H2,(H,18,20). The smallest absolute Gasteiger partial charge is 0.256 e. The Kier molecular flexibility index (Phi) is 3.47. The van der Waals surface area contributed by atoms with Gasteiger partial charge in [0.05, 0.1) is 12.0 Å². The third-order valence-electron chi connectivity index (χ3n) is 3.84. The van der Waals surface area contributed by atoms with Crippen molar-refractivity contribution in [1.82, 2.24) is 9.55 Å². The molecule has 0 atom stereocenters. The highest BCUT2D eigenvalue weighted by Gasteiger charge is 2.38. The molecular formula is C15H16FN3O2. The highest BCUT2D eigenvalue weighted by Crippen LogP contribution is 2.30. The Morgan fingerprint density at radius 3 is 2.76 bits per heavy atom. The molecule has 1 heterocycles. The number of hydrogen-bond acceptors (Lipinski definition) is 3. The average molecular weight is 289 g/mol. The maximum atomic E-state index is 14.1. The van der Waals surface area contributed by atoms with Gasteiger partial charge < -0.3 is 15.0 Å². The molecule has 0 aliphatic heterocycles. The van der Waals surface area contributed by atoms with Crippen molar-refractivity contribution < 1.29 is 14.3 Å². The highest BCUT2D eigenvalue weighted by molar-refractivity contribution is 5.97. The molecule has 0 saturated heterocycles. The molecular weight excluding hydrogens is 273 g/mol. The van der Waals surface area contributed by atoms with Gasteiger partial charge in [0.1, 0.15) is 11.4 Å². The molecule has 0 bridgehead atoms. The van der Waals surface area contributed by atoms with Crippen molar-refractivity contribution in [2.24, 2.45) is 0 Å². The third kappa shape index (κ3) is 2.67. The van der Waals surface area contributed by atoms with E-state index in [9.17, 15) is 14.3 Å². The number of carbonyl (C=O) groups excluding carboxylic acids is 1. The van der Waals surface area contributed by atoms with E-state index in [0.717, 1.165) is 12.8 Å². The van der Waals surface area contributed by atoms with Gasteiger partial charge in [-0.2, -0.15) is 0 Å². The molecule has 1 aliphatic carbocycles. The topological polar surface area (TPSA) is 67.2 Å². The number of carbonyl (C=O) groups is 1. The van der Waals surface area contributed by atoms with Crippen molar-refractivity contribution in [3.05, 3.63) is 42.7 Å². The van der Waals surface area contributed by atoms with Crippen LogP contribution in [0, 0.1) is 5.82 Å². The quantitative estimate of drug-likeness (QED) is 0.910. The van der Waals surface area contributed by atoms with E-state index in [-0.39, 0.29) is 0 Å². The molecule has 6 heteroatoms. The van der Waals surface area contributed by atoms with Crippen LogP contribution in [0.5, 0.6) is 0 Å². The molecule has 1 saturated carbocycles. The van der Waals surface area contributed by atoms with Gasteiger partial charge in [-0.3, -0.25) is 4.79 Å². The number of rotatable bonds is 3. The van der Waals surface area contributed by atoms with Crippen LogP contribution in [-0.4, -0.2) is 26.2 Å². The summed E-state index contributed by atoms with van der Waals surface area (Å²) in [6.07, 6.45) is 7.26. The van der Waals surface area contributed by atoms with E-state index in [1.54, 1.807) is 29.1 Å². The first-order valence-corrected chi connectivity index (χ1v) is 6.90. The fraction of sp³-hybridized carbons (Fsp3) is 0.333. The fourth-order valence-electron chi connectivity index (χ4n) is 2.63. The number of anilines is 1. The Bertz CT molecular complexity index is 649. The molecule has 1 aromatic heterocycles. The van der Waals surface area contributed by atoms with E-state index in [4.69, 9.17) is 0 Å². The SMILES string of the molecule is O=C(Nc1ccc(-n2ccnc2)c(F)c1)C1(O)CCCC1. The van der Waals surface area contributed by atoms with Crippen LogP contribution in [0.4, 0.5) is 10.1 Å². The van der Waals surface area contributed by atoms with Crippen molar-refractivity contribution in [3.8, 4) is 5.69 Å². The summed E-state index contributed by atoms with van der Waals surface area (Å²) in [4.78, 5) is 15.9. The van der Waals surface area contributed by atoms with E-state index in [2.05, 4.69) is 10.3 Å². The van der Waals surface area contributed by atoms with E-state index in [1.165, 1.54) is 12.4 Å². The summed E-state index contributed by atoms with van der Waals surface area (Å²) in [7, 11) is 0. The highest BCUT2D eigenvalue weighted by atomic mass is 19.1. The third-order valence-corrected chi connectivity index (χ3v) is 3.84. The van der Waals surface area contributed by atoms with E-state index in [1.807, 2.05) is 0 Å². The van der Waals surface area contributed by atoms with Crippen LogP contribution >= 0.6 is 0 Å². The predicted octanol–water partition coefficient (Wildman–Crippen LogP) is 2.25. The molecule has 1 aliphatic rings. The van der Waals surface area contributed by atoms with Crippen LogP contribution in [-0.2, 0) is 4.79 Å². The first kappa shape index (κ1) is 13.8. The molecule has 21 heavy (non-hydrogen) atoms. The van der Waals surface area contributed by atoms with E-state index < -0.39 is 17.3 Å². The molecule has 1 fully saturated rings. The number of benzene rings is 1. The first-order chi connectivity index (χ1) is 10.1. The van der Waals surface area contributed by atoms with Gasteiger partial charge in [0.2, 0.25) is 0 Å². The Morgan fingerprint density at radius 1 is 1.38 bits per heavy atom. The largest absolute Gasteiger partial charge is 0.380 e. The van der Waals surface area contributed by atoms with Crippen LogP contribution in [0.25, 0.3) is 5.69 Å². The number of aliphatic hydroxyl groups is 1. The molecule has 1 amide bonds. The Morgan fingerprint density at radius 2 is 2.14 bits per heavy atom. The van der Waals surface area contributed by atoms with Crippen molar-refractivity contribution in [1.29, 1.82) is 0 Å². The minimum Gasteiger partial charge on any atom is -0.380 e. The van der Waals surface area contributed by atoms with Crippen molar-refractivity contribution in [2.75, 3.05) is 5.32 Å². The van der Waals surface area contributed by atoms with Gasteiger partial charge in [0, 0.05) is 18.1 Å². The summed E-state index contributed by atoms with van der Waals surface area (Å²) in [6.45, 7) is 0. The molecule has 3 rings (SSSR count). The lowest BCUT2D eigenvalue weighted by atomic mass is 10.0. The van der Waals surface area contributed by atoms with Gasteiger partial charge in [0.15, 0.2) is 0 Å². The molecule has 0 radical (unpaired) electrons. The lowest BCUT2D eigenvalue weighted by Crippen LogP contribution is -2.40. The maximum absolute atomic E-state index is 14.1. The molecule has 0 spiro atoms. The van der Waals surface area contributed by atoms with Crippen LogP contribution in [0.1, 0.15) is 25.7 Å². The molecule has 5 nitrogen and oxygen atoms in total. The average Bonchev–Trinajstić information content (AvgIpc) is 3.11. The van der Waals surface area contributed by atoms with Crippen molar-refractivity contribution >= 4 is 11.6 Å². The first-order valence-electron chi connectivity index (χ1n) is 6.90. The fourth-order valence-corrected chi connectivity index (χ4v) is 2.63. The van der Waals surface area contributed by atoms with Gasteiger partial charge in [-0.15, -0.1) is 0 Å². The Labute approximate surface area is 121 Å². The summed E-state index contributed by atoms with van der Waals surface area (Å²) in [5.41, 5.74) is -0.633. The second kappa shape index (κ2) is 5.29. The van der Waals surface area contributed by atoms with E-state index in [0.29, 0.717) is 24.2 Å². The van der Waals surface area contributed by atoms with Crippen LogP contribution in [0.15, 0.2) is 36.9 Å². The molecule has 1 aromatic carbocycles. The van der Waals surface area contributed by atoms with Crippen molar-refractivity contribution in [3.63, 3.8) is 0 Å². The molecule has 110 valence electrons.